The molecule has 0 radical (unpaired) electrons. The van der Waals surface area contributed by atoms with Gasteiger partial charge in [-0.15, -0.1) is 0 Å². The molecular formula is C13H13ClFN3O2. The Kier molecular flexibility index (Phi) is 4.24. The lowest BCUT2D eigenvalue weighted by Crippen LogP contribution is -2.38. The molecule has 0 aliphatic carbocycles. The van der Waals surface area contributed by atoms with Gasteiger partial charge in [0.05, 0.1) is 17.1 Å². The molecule has 2 rings (SSSR count). The van der Waals surface area contributed by atoms with Crippen molar-refractivity contribution in [3.8, 4) is 0 Å². The van der Waals surface area contributed by atoms with Crippen LogP contribution < -0.4 is 11.1 Å². The van der Waals surface area contributed by atoms with Crippen molar-refractivity contribution in [2.45, 2.75) is 6.42 Å². The molecule has 0 bridgehead atoms. The predicted octanol–water partition coefficient (Wildman–Crippen LogP) is 2.53. The molecule has 1 aromatic rings. The van der Waals surface area contributed by atoms with Crippen molar-refractivity contribution in [1.82, 2.24) is 4.90 Å². The second-order valence-corrected chi connectivity index (χ2v) is 4.76. The number of nitrogens with two attached hydrogens (primary N) is 1. The standard InChI is InChI=1S/C13H13ClFN3O2/c14-11-6-9(3-4-10(11)12(16)19)17-13(20)18-5-1-2-8(15)7-18/h2-4,6H,1,5,7H2,(H2,16,19)(H,17,20). The van der Waals surface area contributed by atoms with Gasteiger partial charge in [-0.05, 0) is 30.7 Å². The number of hydrogen-bond donors (Lipinski definition) is 2. The Morgan fingerprint density at radius 2 is 2.15 bits per heavy atom. The van der Waals surface area contributed by atoms with E-state index in [9.17, 15) is 14.0 Å². The third kappa shape index (κ3) is 3.27. The molecule has 0 atom stereocenters. The molecule has 0 spiro atoms. The molecule has 1 aliphatic rings. The normalized spacial score (nSPS) is 14.7. The number of carbonyl (C=O) groups excluding carboxylic acids is 2. The zero-order valence-corrected chi connectivity index (χ0v) is 11.3. The third-order valence-electron chi connectivity index (χ3n) is 2.88. The van der Waals surface area contributed by atoms with Gasteiger partial charge < -0.3 is 16.0 Å². The lowest BCUT2D eigenvalue weighted by molar-refractivity contribution is 0.100. The Morgan fingerprint density at radius 3 is 2.75 bits per heavy atom. The first-order chi connectivity index (χ1) is 9.47. The summed E-state index contributed by atoms with van der Waals surface area (Å²) in [7, 11) is 0. The van der Waals surface area contributed by atoms with Crippen molar-refractivity contribution in [3.05, 3.63) is 40.7 Å². The first-order valence-corrected chi connectivity index (χ1v) is 6.35. The molecular weight excluding hydrogens is 285 g/mol. The van der Waals surface area contributed by atoms with Crippen LogP contribution in [0.1, 0.15) is 16.8 Å². The lowest BCUT2D eigenvalue weighted by atomic mass is 10.2. The zero-order chi connectivity index (χ0) is 14.7. The molecule has 5 nitrogen and oxygen atoms in total. The Bertz CT molecular complexity index is 589. The number of rotatable bonds is 2. The highest BCUT2D eigenvalue weighted by molar-refractivity contribution is 6.34. The van der Waals surface area contributed by atoms with Gasteiger partial charge in [-0.2, -0.15) is 0 Å². The number of hydrogen-bond acceptors (Lipinski definition) is 2. The monoisotopic (exact) mass is 297 g/mol. The minimum Gasteiger partial charge on any atom is -0.366 e. The molecule has 0 unspecified atom stereocenters. The van der Waals surface area contributed by atoms with E-state index in [4.69, 9.17) is 17.3 Å². The van der Waals surface area contributed by atoms with Crippen LogP contribution in [-0.2, 0) is 0 Å². The first-order valence-electron chi connectivity index (χ1n) is 5.97. The molecule has 1 aliphatic heterocycles. The second kappa shape index (κ2) is 5.92. The van der Waals surface area contributed by atoms with E-state index in [1.165, 1.54) is 29.2 Å². The summed E-state index contributed by atoms with van der Waals surface area (Å²) in [5, 5.41) is 2.75. The van der Waals surface area contributed by atoms with Gasteiger partial charge in [0.2, 0.25) is 5.91 Å². The minimum absolute atomic E-state index is 0.0427. The lowest BCUT2D eigenvalue weighted by Gasteiger charge is -2.24. The maximum Gasteiger partial charge on any atom is 0.322 e. The minimum atomic E-state index is -0.642. The molecule has 3 amide bonds. The summed E-state index contributed by atoms with van der Waals surface area (Å²) in [6.07, 6.45) is 1.95. The summed E-state index contributed by atoms with van der Waals surface area (Å²) in [6.45, 7) is 0.408. The first kappa shape index (κ1) is 14.3. The highest BCUT2D eigenvalue weighted by atomic mass is 35.5. The Morgan fingerprint density at radius 1 is 1.40 bits per heavy atom. The van der Waals surface area contributed by atoms with Crippen LogP contribution in [0, 0.1) is 0 Å². The largest absolute Gasteiger partial charge is 0.366 e. The van der Waals surface area contributed by atoms with E-state index in [-0.39, 0.29) is 23.0 Å². The SMILES string of the molecule is NC(=O)c1ccc(NC(=O)N2CCC=C(F)C2)cc1Cl. The van der Waals surface area contributed by atoms with Crippen molar-refractivity contribution >= 4 is 29.2 Å². The molecule has 0 fully saturated rings. The summed E-state index contributed by atoms with van der Waals surface area (Å²) in [5.41, 5.74) is 5.73. The fourth-order valence-electron chi connectivity index (χ4n) is 1.87. The highest BCUT2D eigenvalue weighted by Gasteiger charge is 2.18. The summed E-state index contributed by atoms with van der Waals surface area (Å²) in [4.78, 5) is 24.3. The van der Waals surface area contributed by atoms with Gasteiger partial charge in [0, 0.05) is 12.2 Å². The van der Waals surface area contributed by atoms with Crippen molar-refractivity contribution in [3.63, 3.8) is 0 Å². The quantitative estimate of drug-likeness (QED) is 0.880. The molecule has 0 aromatic heterocycles. The molecule has 106 valence electrons. The third-order valence-corrected chi connectivity index (χ3v) is 3.19. The van der Waals surface area contributed by atoms with Crippen LogP contribution in [0.25, 0.3) is 0 Å². The molecule has 3 N–H and O–H groups in total. The van der Waals surface area contributed by atoms with E-state index in [0.29, 0.717) is 18.7 Å². The predicted molar refractivity (Wildman–Crippen MR) is 74.4 cm³/mol. The topological polar surface area (TPSA) is 75.4 Å². The van der Waals surface area contributed by atoms with E-state index in [0.717, 1.165) is 0 Å². The van der Waals surface area contributed by atoms with Crippen LogP contribution in [0.5, 0.6) is 0 Å². The van der Waals surface area contributed by atoms with Crippen LogP contribution in [-0.4, -0.2) is 29.9 Å². The van der Waals surface area contributed by atoms with E-state index >= 15 is 0 Å². The Balaban J connectivity index is 2.07. The van der Waals surface area contributed by atoms with Gasteiger partial charge in [0.1, 0.15) is 5.83 Å². The second-order valence-electron chi connectivity index (χ2n) is 4.35. The number of urea groups is 1. The number of benzene rings is 1. The van der Waals surface area contributed by atoms with Crippen LogP contribution in [0.2, 0.25) is 5.02 Å². The number of carbonyl (C=O) groups is 2. The van der Waals surface area contributed by atoms with Crippen molar-refractivity contribution in [2.75, 3.05) is 18.4 Å². The Hall–Kier alpha value is -2.08. The Labute approximate surface area is 120 Å². The molecule has 0 saturated heterocycles. The van der Waals surface area contributed by atoms with Gasteiger partial charge in [0.15, 0.2) is 0 Å². The van der Waals surface area contributed by atoms with Crippen LogP contribution >= 0.6 is 11.6 Å². The number of anilines is 1. The van der Waals surface area contributed by atoms with Crippen LogP contribution in [0.4, 0.5) is 14.9 Å². The molecule has 0 saturated carbocycles. The molecule has 1 heterocycles. The van der Waals surface area contributed by atoms with Crippen molar-refractivity contribution in [1.29, 1.82) is 0 Å². The summed E-state index contributed by atoms with van der Waals surface area (Å²) < 4.78 is 13.1. The van der Waals surface area contributed by atoms with Gasteiger partial charge in [-0.25, -0.2) is 9.18 Å². The maximum atomic E-state index is 13.1. The van der Waals surface area contributed by atoms with Gasteiger partial charge >= 0.3 is 6.03 Å². The number of nitrogens with one attached hydrogen (secondary N) is 1. The van der Waals surface area contributed by atoms with Crippen LogP contribution in [0.3, 0.4) is 0 Å². The maximum absolute atomic E-state index is 13.1. The highest BCUT2D eigenvalue weighted by Crippen LogP contribution is 2.21. The van der Waals surface area contributed by atoms with Gasteiger partial charge in [0.25, 0.3) is 0 Å². The molecule has 7 heteroatoms. The van der Waals surface area contributed by atoms with E-state index in [2.05, 4.69) is 5.32 Å². The van der Waals surface area contributed by atoms with Gasteiger partial charge in [-0.3, -0.25) is 4.79 Å². The van der Waals surface area contributed by atoms with Crippen molar-refractivity contribution < 1.29 is 14.0 Å². The van der Waals surface area contributed by atoms with E-state index in [1.54, 1.807) is 0 Å². The summed E-state index contributed by atoms with van der Waals surface area (Å²) >= 11 is 5.88. The molecule has 1 aromatic carbocycles. The average molecular weight is 298 g/mol. The summed E-state index contributed by atoms with van der Waals surface area (Å²) in [6, 6.07) is 3.95. The fraction of sp³-hybridized carbons (Fsp3) is 0.231. The number of nitrogens with zero attached hydrogens (tertiary/aromatic N) is 1. The molecule has 20 heavy (non-hydrogen) atoms. The van der Waals surface area contributed by atoms with Gasteiger partial charge in [-0.1, -0.05) is 11.6 Å². The number of primary amides is 1. The van der Waals surface area contributed by atoms with Crippen molar-refractivity contribution in [2.24, 2.45) is 5.73 Å². The van der Waals surface area contributed by atoms with E-state index < -0.39 is 11.9 Å². The number of amides is 3. The average Bonchev–Trinajstić information content (AvgIpc) is 2.38. The fourth-order valence-corrected chi connectivity index (χ4v) is 2.15. The summed E-state index contributed by atoms with van der Waals surface area (Å²) in [5.74, 6) is -0.968. The number of halogens is 2. The van der Waals surface area contributed by atoms with E-state index in [1.807, 2.05) is 0 Å². The zero-order valence-electron chi connectivity index (χ0n) is 10.5. The smallest absolute Gasteiger partial charge is 0.322 e. The van der Waals surface area contributed by atoms with Crippen LogP contribution in [0.15, 0.2) is 30.1 Å².